The highest BCUT2D eigenvalue weighted by atomic mass is 16.2. The Bertz CT molecular complexity index is 1330. The van der Waals surface area contributed by atoms with Gasteiger partial charge in [0, 0.05) is 62.4 Å². The van der Waals surface area contributed by atoms with Crippen molar-refractivity contribution in [2.24, 2.45) is 0 Å². The number of nitrogens with one attached hydrogen (secondary N) is 2. The van der Waals surface area contributed by atoms with Gasteiger partial charge in [0.25, 0.3) is 11.8 Å². The first-order valence-electron chi connectivity index (χ1n) is 15.2. The van der Waals surface area contributed by atoms with Crippen molar-refractivity contribution in [2.75, 3.05) is 24.5 Å². The first-order chi connectivity index (χ1) is 20.1. The lowest BCUT2D eigenvalue weighted by atomic mass is 9.99. The zero-order valence-corrected chi connectivity index (χ0v) is 26.0. The summed E-state index contributed by atoms with van der Waals surface area (Å²) in [6, 6.07) is 15.3. The average molecular weight is 571 g/mol. The lowest BCUT2D eigenvalue weighted by Crippen LogP contribution is -2.48. The van der Waals surface area contributed by atoms with Crippen LogP contribution in [-0.2, 0) is 6.54 Å². The van der Waals surface area contributed by atoms with Gasteiger partial charge in [-0.05, 0) is 102 Å². The molecule has 1 fully saturated rings. The van der Waals surface area contributed by atoms with Crippen LogP contribution in [0.4, 0.5) is 5.69 Å². The summed E-state index contributed by atoms with van der Waals surface area (Å²) in [6.07, 6.45) is 6.90. The minimum atomic E-state index is -0.222. The van der Waals surface area contributed by atoms with E-state index in [9.17, 15) is 9.59 Å². The number of amides is 2. The standard InChI is InChI=1S/C34H46N6O2/c1-23(2)37-33(41)31-20-25(4)32(27(6)38-31)34(42)36-17-13-26(5)39-18-14-30(15-19-39)40(29-10-8-7-9-11-29)22-28-21-35-16-12-24(28)3/h7-12,16,20-21,23,26,30H,13-15,17-19,22H2,1-6H3,(H,36,42)(H,37,41)/t26-/m1/s1. The van der Waals surface area contributed by atoms with Crippen LogP contribution in [0.15, 0.2) is 54.9 Å². The molecule has 0 spiro atoms. The van der Waals surface area contributed by atoms with Crippen LogP contribution in [-0.4, -0.2) is 64.4 Å². The van der Waals surface area contributed by atoms with Crippen LogP contribution in [0.5, 0.6) is 0 Å². The van der Waals surface area contributed by atoms with E-state index in [2.05, 4.69) is 80.6 Å². The summed E-state index contributed by atoms with van der Waals surface area (Å²) in [5, 5.41) is 5.95. The van der Waals surface area contributed by atoms with Crippen LogP contribution < -0.4 is 15.5 Å². The number of nitrogens with zero attached hydrogens (tertiary/aromatic N) is 4. The lowest BCUT2D eigenvalue weighted by molar-refractivity contribution is 0.0926. The number of aryl methyl sites for hydroxylation is 3. The van der Waals surface area contributed by atoms with E-state index >= 15 is 0 Å². The number of hydrogen-bond donors (Lipinski definition) is 2. The Balaban J connectivity index is 1.30. The van der Waals surface area contributed by atoms with Crippen molar-refractivity contribution in [1.82, 2.24) is 25.5 Å². The Morgan fingerprint density at radius 1 is 1.00 bits per heavy atom. The van der Waals surface area contributed by atoms with Gasteiger partial charge in [0.2, 0.25) is 0 Å². The van der Waals surface area contributed by atoms with E-state index in [0.29, 0.717) is 35.6 Å². The van der Waals surface area contributed by atoms with Gasteiger partial charge in [-0.2, -0.15) is 0 Å². The number of carbonyl (C=O) groups is 2. The summed E-state index contributed by atoms with van der Waals surface area (Å²) in [4.78, 5) is 39.3. The molecule has 0 radical (unpaired) electrons. The van der Waals surface area contributed by atoms with E-state index in [1.807, 2.05) is 33.2 Å². The predicted molar refractivity (Wildman–Crippen MR) is 169 cm³/mol. The summed E-state index contributed by atoms with van der Waals surface area (Å²) in [7, 11) is 0. The van der Waals surface area contributed by atoms with Gasteiger partial charge in [-0.1, -0.05) is 18.2 Å². The van der Waals surface area contributed by atoms with E-state index in [1.165, 1.54) is 16.8 Å². The zero-order valence-electron chi connectivity index (χ0n) is 26.0. The van der Waals surface area contributed by atoms with Crippen LogP contribution in [0.3, 0.4) is 0 Å². The highest BCUT2D eigenvalue weighted by Gasteiger charge is 2.28. The van der Waals surface area contributed by atoms with Gasteiger partial charge < -0.3 is 20.4 Å². The Hall–Kier alpha value is -3.78. The number of aromatic nitrogens is 2. The predicted octanol–water partition coefficient (Wildman–Crippen LogP) is 5.22. The second-order valence-corrected chi connectivity index (χ2v) is 11.8. The van der Waals surface area contributed by atoms with Gasteiger partial charge in [-0.3, -0.25) is 14.6 Å². The lowest BCUT2D eigenvalue weighted by Gasteiger charge is -2.42. The van der Waals surface area contributed by atoms with Gasteiger partial charge in [0.05, 0.1) is 11.3 Å². The van der Waals surface area contributed by atoms with E-state index in [4.69, 9.17) is 0 Å². The maximum atomic E-state index is 13.1. The first kappa shape index (κ1) is 31.2. The van der Waals surface area contributed by atoms with Gasteiger partial charge in [-0.25, -0.2) is 4.98 Å². The largest absolute Gasteiger partial charge is 0.364 e. The summed E-state index contributed by atoms with van der Waals surface area (Å²) in [6.45, 7) is 15.4. The fraction of sp³-hybridized carbons (Fsp3) is 0.471. The van der Waals surface area contributed by atoms with Crippen molar-refractivity contribution in [1.29, 1.82) is 0 Å². The van der Waals surface area contributed by atoms with Gasteiger partial charge in [-0.15, -0.1) is 0 Å². The van der Waals surface area contributed by atoms with E-state index in [1.54, 1.807) is 13.0 Å². The summed E-state index contributed by atoms with van der Waals surface area (Å²) in [5.74, 6) is -0.358. The zero-order chi connectivity index (χ0) is 30.2. The molecule has 2 amide bonds. The molecule has 224 valence electrons. The van der Waals surface area contributed by atoms with Gasteiger partial charge in [0.15, 0.2) is 0 Å². The normalized spacial score (nSPS) is 14.9. The number of anilines is 1. The number of hydrogen-bond acceptors (Lipinski definition) is 6. The molecule has 1 saturated heterocycles. The molecule has 0 unspecified atom stereocenters. The minimum Gasteiger partial charge on any atom is -0.364 e. The molecule has 4 rings (SSSR count). The van der Waals surface area contributed by atoms with Gasteiger partial charge in [0.1, 0.15) is 5.69 Å². The first-order valence-corrected chi connectivity index (χ1v) is 15.2. The SMILES string of the molecule is Cc1ccncc1CN(c1ccccc1)C1CCN([C@H](C)CCNC(=O)c2c(C)cc(C(=O)NC(C)C)nc2C)CC1. The van der Waals surface area contributed by atoms with Crippen LogP contribution in [0.2, 0.25) is 0 Å². The van der Waals surface area contributed by atoms with Crippen LogP contribution in [0.1, 0.15) is 83.3 Å². The Morgan fingerprint density at radius 3 is 2.36 bits per heavy atom. The van der Waals surface area contributed by atoms with E-state index < -0.39 is 0 Å². The summed E-state index contributed by atoms with van der Waals surface area (Å²) < 4.78 is 0. The molecular weight excluding hydrogens is 524 g/mol. The van der Waals surface area contributed by atoms with Crippen molar-refractivity contribution in [3.8, 4) is 0 Å². The second-order valence-electron chi connectivity index (χ2n) is 11.8. The molecule has 1 atom stereocenters. The average Bonchev–Trinajstić information content (AvgIpc) is 2.96. The number of rotatable bonds is 11. The number of benzene rings is 1. The highest BCUT2D eigenvalue weighted by Crippen LogP contribution is 2.27. The van der Waals surface area contributed by atoms with Crippen molar-refractivity contribution < 1.29 is 9.59 Å². The maximum Gasteiger partial charge on any atom is 0.270 e. The molecule has 1 aromatic carbocycles. The number of para-hydroxylation sites is 1. The van der Waals surface area contributed by atoms with Crippen molar-refractivity contribution >= 4 is 17.5 Å². The molecule has 42 heavy (non-hydrogen) atoms. The summed E-state index contributed by atoms with van der Waals surface area (Å²) >= 11 is 0. The fourth-order valence-electron chi connectivity index (χ4n) is 5.83. The monoisotopic (exact) mass is 570 g/mol. The van der Waals surface area contributed by atoms with Gasteiger partial charge >= 0.3 is 0 Å². The number of pyridine rings is 2. The molecule has 8 heteroatoms. The smallest absolute Gasteiger partial charge is 0.270 e. The maximum absolute atomic E-state index is 13.1. The van der Waals surface area contributed by atoms with Crippen molar-refractivity contribution in [3.05, 3.63) is 88.5 Å². The second kappa shape index (κ2) is 14.4. The number of likely N-dealkylation sites (tertiary alicyclic amines) is 1. The third-order valence-electron chi connectivity index (χ3n) is 8.26. The third kappa shape index (κ3) is 7.94. The van der Waals surface area contributed by atoms with Crippen molar-refractivity contribution in [2.45, 2.75) is 85.5 Å². The third-order valence-corrected chi connectivity index (χ3v) is 8.26. The molecule has 0 aliphatic carbocycles. The van der Waals surface area contributed by atoms with E-state index in [-0.39, 0.29) is 17.9 Å². The highest BCUT2D eigenvalue weighted by molar-refractivity contribution is 5.98. The topological polar surface area (TPSA) is 90.5 Å². The number of piperidine rings is 1. The molecule has 0 bridgehead atoms. The Kier molecular flexibility index (Phi) is 10.7. The van der Waals surface area contributed by atoms with Crippen LogP contribution in [0.25, 0.3) is 0 Å². The molecule has 2 N–H and O–H groups in total. The van der Waals surface area contributed by atoms with E-state index in [0.717, 1.165) is 44.5 Å². The molecule has 1 aliphatic rings. The molecule has 3 heterocycles. The fourth-order valence-corrected chi connectivity index (χ4v) is 5.83. The quantitative estimate of drug-likeness (QED) is 0.329. The Labute approximate surface area is 250 Å². The van der Waals surface area contributed by atoms with Crippen LogP contribution >= 0.6 is 0 Å². The number of carbonyl (C=O) groups excluding carboxylic acids is 2. The molecular formula is C34H46N6O2. The minimum absolute atomic E-state index is 0.0228. The summed E-state index contributed by atoms with van der Waals surface area (Å²) in [5.41, 5.74) is 6.01. The van der Waals surface area contributed by atoms with Crippen LogP contribution in [0, 0.1) is 20.8 Å². The Morgan fingerprint density at radius 2 is 1.71 bits per heavy atom. The molecule has 8 nitrogen and oxygen atoms in total. The van der Waals surface area contributed by atoms with Crippen molar-refractivity contribution in [3.63, 3.8) is 0 Å². The molecule has 3 aromatic rings. The molecule has 0 saturated carbocycles. The molecule has 2 aromatic heterocycles. The molecule has 1 aliphatic heterocycles.